The highest BCUT2D eigenvalue weighted by atomic mass is 19.3. The number of carbonyl (C=O) groups is 1. The molecular weight excluding hydrogens is 326 g/mol. The minimum atomic E-state index is -3.39. The van der Waals surface area contributed by atoms with Gasteiger partial charge in [0.15, 0.2) is 0 Å². The van der Waals surface area contributed by atoms with E-state index in [1.807, 2.05) is 0 Å². The lowest BCUT2D eigenvalue weighted by Crippen LogP contribution is -2.43. The number of carbonyl (C=O) groups excluding carboxylic acids is 1. The highest BCUT2D eigenvalue weighted by Crippen LogP contribution is 2.45. The topological polar surface area (TPSA) is 42.3 Å². The maximum atomic E-state index is 14.8. The van der Waals surface area contributed by atoms with Crippen molar-refractivity contribution in [1.29, 1.82) is 0 Å². The number of β-lactam (4-membered cyclic amide) rings is 1. The molecule has 0 N–H and O–H groups in total. The van der Waals surface area contributed by atoms with Crippen LogP contribution in [0.4, 0.5) is 14.5 Å². The van der Waals surface area contributed by atoms with Crippen LogP contribution in [0.15, 0.2) is 53.3 Å². The molecule has 1 fully saturated rings. The second kappa shape index (κ2) is 4.53. The van der Waals surface area contributed by atoms with Crippen molar-refractivity contribution < 1.29 is 13.6 Å². The number of benzene rings is 2. The molecule has 2 aromatic carbocycles. The second-order valence-corrected chi connectivity index (χ2v) is 6.32. The van der Waals surface area contributed by atoms with E-state index in [4.69, 9.17) is 0 Å². The van der Waals surface area contributed by atoms with E-state index in [1.165, 1.54) is 18.2 Å². The zero-order chi connectivity index (χ0) is 17.3. The van der Waals surface area contributed by atoms with Crippen molar-refractivity contribution in [3.05, 3.63) is 64.4 Å². The van der Waals surface area contributed by atoms with E-state index in [2.05, 4.69) is 0 Å². The minimum absolute atomic E-state index is 0.0293. The Kier molecular flexibility index (Phi) is 2.60. The van der Waals surface area contributed by atoms with Crippen molar-refractivity contribution >= 4 is 22.4 Å². The third-order valence-corrected chi connectivity index (χ3v) is 4.97. The largest absolute Gasteiger partial charge is 0.359 e. The number of pyridine rings is 1. The predicted octanol–water partition coefficient (Wildman–Crippen LogP) is 3.32. The van der Waals surface area contributed by atoms with Crippen LogP contribution in [0, 0.1) is 0 Å². The summed E-state index contributed by atoms with van der Waals surface area (Å²) in [5, 5.41) is 0.772. The Morgan fingerprint density at radius 3 is 2.52 bits per heavy atom. The zero-order valence-electron chi connectivity index (χ0n) is 13.0. The van der Waals surface area contributed by atoms with Crippen molar-refractivity contribution in [1.82, 2.24) is 4.57 Å². The predicted molar refractivity (Wildman–Crippen MR) is 89.9 cm³/mol. The van der Waals surface area contributed by atoms with Crippen LogP contribution >= 0.6 is 0 Å². The standard InChI is InChI=1S/C19H12F2N2O2/c20-19(21)15-4-2-1-3-13(15)16-9-11-5-6-12(22-8-7-17(22)24)10-14(11)18(25)23(16)19/h1-6,9-10H,7-8H2. The summed E-state index contributed by atoms with van der Waals surface area (Å²) in [5.74, 6) is -0.0293. The molecule has 6 heteroatoms. The Bertz CT molecular complexity index is 1130. The van der Waals surface area contributed by atoms with Crippen LogP contribution in [0.2, 0.25) is 0 Å². The van der Waals surface area contributed by atoms with Crippen LogP contribution in [0.25, 0.3) is 22.0 Å². The Morgan fingerprint density at radius 2 is 1.80 bits per heavy atom. The van der Waals surface area contributed by atoms with Crippen LogP contribution < -0.4 is 10.5 Å². The molecule has 0 spiro atoms. The summed E-state index contributed by atoms with van der Waals surface area (Å²) in [4.78, 5) is 26.0. The summed E-state index contributed by atoms with van der Waals surface area (Å²) in [5.41, 5.74) is 0.240. The fraction of sp³-hybridized carbons (Fsp3) is 0.158. The summed E-state index contributed by atoms with van der Waals surface area (Å²) >= 11 is 0. The van der Waals surface area contributed by atoms with Gasteiger partial charge in [0.1, 0.15) is 0 Å². The second-order valence-electron chi connectivity index (χ2n) is 6.32. The van der Waals surface area contributed by atoms with Crippen LogP contribution in [0.3, 0.4) is 0 Å². The number of alkyl halides is 2. The molecule has 0 unspecified atom stereocenters. The molecule has 124 valence electrons. The average molecular weight is 338 g/mol. The van der Waals surface area contributed by atoms with E-state index in [0.29, 0.717) is 34.2 Å². The van der Waals surface area contributed by atoms with Gasteiger partial charge in [0.2, 0.25) is 5.91 Å². The minimum Gasteiger partial charge on any atom is -0.312 e. The molecule has 1 amide bonds. The molecule has 2 aliphatic rings. The van der Waals surface area contributed by atoms with Crippen molar-refractivity contribution in [3.8, 4) is 11.3 Å². The van der Waals surface area contributed by atoms with Gasteiger partial charge in [0.25, 0.3) is 5.56 Å². The number of nitrogens with zero attached hydrogens (tertiary/aromatic N) is 2. The molecule has 3 aromatic rings. The third kappa shape index (κ3) is 1.74. The van der Waals surface area contributed by atoms with Gasteiger partial charge in [0, 0.05) is 29.6 Å². The molecular formula is C19H12F2N2O2. The summed E-state index contributed by atoms with van der Waals surface area (Å²) in [6.07, 6.45) is 0.467. The first kappa shape index (κ1) is 14.3. The molecule has 1 aromatic heterocycles. The molecule has 0 aliphatic carbocycles. The highest BCUT2D eigenvalue weighted by Gasteiger charge is 2.45. The maximum Gasteiger partial charge on any atom is 0.359 e. The molecule has 4 nitrogen and oxygen atoms in total. The summed E-state index contributed by atoms with van der Waals surface area (Å²) in [7, 11) is 0. The fourth-order valence-corrected chi connectivity index (χ4v) is 3.62. The van der Waals surface area contributed by atoms with Gasteiger partial charge >= 0.3 is 6.05 Å². The van der Waals surface area contributed by atoms with Gasteiger partial charge in [0.05, 0.1) is 11.3 Å². The molecule has 0 radical (unpaired) electrons. The van der Waals surface area contributed by atoms with E-state index in [9.17, 15) is 18.4 Å². The lowest BCUT2D eigenvalue weighted by Gasteiger charge is -2.30. The van der Waals surface area contributed by atoms with Crippen molar-refractivity contribution in [2.45, 2.75) is 12.5 Å². The number of amides is 1. The number of aromatic nitrogens is 1. The monoisotopic (exact) mass is 338 g/mol. The molecule has 2 aliphatic heterocycles. The smallest absolute Gasteiger partial charge is 0.312 e. The van der Waals surface area contributed by atoms with E-state index >= 15 is 0 Å². The number of halogens is 2. The quantitative estimate of drug-likeness (QED) is 0.639. The first-order valence-electron chi connectivity index (χ1n) is 7.97. The van der Waals surface area contributed by atoms with E-state index in [1.54, 1.807) is 35.2 Å². The molecule has 3 heterocycles. The molecule has 0 saturated carbocycles. The molecule has 5 rings (SSSR count). The van der Waals surface area contributed by atoms with Crippen LogP contribution in [0.5, 0.6) is 0 Å². The van der Waals surface area contributed by atoms with Gasteiger partial charge in [-0.05, 0) is 23.6 Å². The van der Waals surface area contributed by atoms with Crippen LogP contribution in [0.1, 0.15) is 12.0 Å². The molecule has 0 atom stereocenters. The van der Waals surface area contributed by atoms with Crippen molar-refractivity contribution in [2.24, 2.45) is 0 Å². The van der Waals surface area contributed by atoms with Gasteiger partial charge < -0.3 is 4.90 Å². The normalized spacial score (nSPS) is 17.4. The third-order valence-electron chi connectivity index (χ3n) is 4.97. The lowest BCUT2D eigenvalue weighted by molar-refractivity contribution is -0.122. The van der Waals surface area contributed by atoms with Crippen molar-refractivity contribution in [3.63, 3.8) is 0 Å². The first-order chi connectivity index (χ1) is 12.0. The summed E-state index contributed by atoms with van der Waals surface area (Å²) < 4.78 is 30.2. The number of hydrogen-bond donors (Lipinski definition) is 0. The SMILES string of the molecule is O=C1CCN1c1ccc2cc3n(c(=O)c2c1)C(F)(F)c1ccccc1-3. The first-order valence-corrected chi connectivity index (χ1v) is 7.97. The van der Waals surface area contributed by atoms with Crippen molar-refractivity contribution in [2.75, 3.05) is 11.4 Å². The fourth-order valence-electron chi connectivity index (χ4n) is 3.62. The molecule has 25 heavy (non-hydrogen) atoms. The van der Waals surface area contributed by atoms with Gasteiger partial charge in [-0.3, -0.25) is 9.59 Å². The van der Waals surface area contributed by atoms with Crippen LogP contribution in [-0.4, -0.2) is 17.0 Å². The Balaban J connectivity index is 1.81. The number of hydrogen-bond acceptors (Lipinski definition) is 2. The van der Waals surface area contributed by atoms with Gasteiger partial charge in [-0.1, -0.05) is 30.3 Å². The van der Waals surface area contributed by atoms with Crippen LogP contribution in [-0.2, 0) is 10.8 Å². The molecule has 0 bridgehead atoms. The van der Waals surface area contributed by atoms with E-state index in [0.717, 1.165) is 0 Å². The maximum absolute atomic E-state index is 14.8. The Morgan fingerprint density at radius 1 is 1.00 bits per heavy atom. The highest BCUT2D eigenvalue weighted by molar-refractivity contribution is 6.01. The summed E-state index contributed by atoms with van der Waals surface area (Å²) in [6.45, 7) is 0.582. The number of anilines is 1. The molecule has 1 saturated heterocycles. The Labute approximate surface area is 140 Å². The average Bonchev–Trinajstić information content (AvgIpc) is 2.82. The van der Waals surface area contributed by atoms with Gasteiger partial charge in [-0.2, -0.15) is 8.78 Å². The van der Waals surface area contributed by atoms with E-state index in [-0.39, 0.29) is 22.6 Å². The number of rotatable bonds is 1. The lowest BCUT2D eigenvalue weighted by atomic mass is 10.0. The summed E-state index contributed by atoms with van der Waals surface area (Å²) in [6, 6.07) is 9.36. The van der Waals surface area contributed by atoms with E-state index < -0.39 is 11.6 Å². The van der Waals surface area contributed by atoms with Gasteiger partial charge in [-0.25, -0.2) is 4.57 Å². The Hall–Kier alpha value is -3.02. The number of fused-ring (bicyclic) bond motifs is 4. The van der Waals surface area contributed by atoms with Gasteiger partial charge in [-0.15, -0.1) is 0 Å². The zero-order valence-corrected chi connectivity index (χ0v) is 13.0.